The summed E-state index contributed by atoms with van der Waals surface area (Å²) < 4.78 is 0.797. The van der Waals surface area contributed by atoms with Gasteiger partial charge < -0.3 is 0 Å². The summed E-state index contributed by atoms with van der Waals surface area (Å²) in [5.41, 5.74) is 2.87. The number of halogens is 2. The molecule has 0 saturated carbocycles. The molecule has 1 amide bonds. The van der Waals surface area contributed by atoms with Crippen molar-refractivity contribution in [2.24, 2.45) is 0 Å². The zero-order chi connectivity index (χ0) is 17.8. The van der Waals surface area contributed by atoms with Crippen LogP contribution in [0.25, 0.3) is 0 Å². The molecule has 3 rings (SSSR count). The van der Waals surface area contributed by atoms with E-state index in [1.807, 2.05) is 6.07 Å². The van der Waals surface area contributed by atoms with E-state index in [1.165, 1.54) is 28.5 Å². The number of amides is 1. The molecule has 8 heteroatoms. The van der Waals surface area contributed by atoms with E-state index in [-0.39, 0.29) is 5.91 Å². The van der Waals surface area contributed by atoms with E-state index in [0.717, 1.165) is 10.1 Å². The number of aryl methyl sites for hydroxylation is 1. The lowest BCUT2D eigenvalue weighted by Crippen LogP contribution is -2.11. The fourth-order valence-corrected chi connectivity index (χ4v) is 4.06. The average Bonchev–Trinajstić information content (AvgIpc) is 3.03. The lowest BCUT2D eigenvalue weighted by Gasteiger charge is -2.02. The molecule has 0 radical (unpaired) electrons. The van der Waals surface area contributed by atoms with Crippen molar-refractivity contribution in [3.63, 3.8) is 0 Å². The number of hydrogen-bond donors (Lipinski definition) is 1. The fourth-order valence-electron chi connectivity index (χ4n) is 2.07. The molecule has 2 aromatic carbocycles. The minimum Gasteiger partial charge on any atom is -0.296 e. The molecule has 0 bridgehead atoms. The van der Waals surface area contributed by atoms with Gasteiger partial charge in [-0.05, 0) is 30.7 Å². The molecule has 4 nitrogen and oxygen atoms in total. The summed E-state index contributed by atoms with van der Waals surface area (Å²) in [5.74, 6) is 0.502. The Morgan fingerprint density at radius 2 is 2.00 bits per heavy atom. The molecule has 0 saturated heterocycles. The second-order valence-corrected chi connectivity index (χ2v) is 8.25. The average molecular weight is 410 g/mol. The fraction of sp³-hybridized carbons (Fsp3) is 0.118. The molecule has 0 aliphatic carbocycles. The van der Waals surface area contributed by atoms with Crippen molar-refractivity contribution in [3.8, 4) is 0 Å². The number of nitrogens with zero attached hydrogens (tertiary/aromatic N) is 2. The molecule has 3 aromatic rings. The highest BCUT2D eigenvalue weighted by atomic mass is 35.5. The summed E-state index contributed by atoms with van der Waals surface area (Å²) in [6.07, 6.45) is 0. The van der Waals surface area contributed by atoms with Crippen molar-refractivity contribution in [3.05, 3.63) is 69.2 Å². The van der Waals surface area contributed by atoms with Gasteiger partial charge in [0.15, 0.2) is 4.34 Å². The quantitative estimate of drug-likeness (QED) is 0.433. The Hall–Kier alpha value is -1.60. The number of rotatable bonds is 5. The van der Waals surface area contributed by atoms with Crippen molar-refractivity contribution < 1.29 is 4.79 Å². The van der Waals surface area contributed by atoms with Crippen LogP contribution in [0, 0.1) is 6.92 Å². The minimum atomic E-state index is -0.301. The van der Waals surface area contributed by atoms with Gasteiger partial charge in [-0.3, -0.25) is 10.1 Å². The Morgan fingerprint density at radius 1 is 1.16 bits per heavy atom. The van der Waals surface area contributed by atoms with E-state index >= 15 is 0 Å². The Balaban J connectivity index is 1.61. The van der Waals surface area contributed by atoms with Gasteiger partial charge in [0.1, 0.15) is 0 Å². The highest BCUT2D eigenvalue weighted by Gasteiger charge is 2.12. The number of carbonyl (C=O) groups excluding carboxylic acids is 1. The van der Waals surface area contributed by atoms with Gasteiger partial charge in [0, 0.05) is 11.3 Å². The summed E-state index contributed by atoms with van der Waals surface area (Å²) in [6, 6.07) is 13.0. The van der Waals surface area contributed by atoms with Crippen LogP contribution in [-0.4, -0.2) is 16.1 Å². The summed E-state index contributed by atoms with van der Waals surface area (Å²) in [4.78, 5) is 12.2. The van der Waals surface area contributed by atoms with Gasteiger partial charge in [-0.1, -0.05) is 76.1 Å². The predicted molar refractivity (Wildman–Crippen MR) is 105 cm³/mol. The molecule has 1 heterocycles. The van der Waals surface area contributed by atoms with Crippen molar-refractivity contribution in [1.29, 1.82) is 0 Å². The van der Waals surface area contributed by atoms with Gasteiger partial charge in [0.05, 0.1) is 10.0 Å². The van der Waals surface area contributed by atoms with Gasteiger partial charge in [0.25, 0.3) is 5.91 Å². The third kappa shape index (κ3) is 4.95. The molecule has 0 spiro atoms. The van der Waals surface area contributed by atoms with Crippen molar-refractivity contribution in [1.82, 2.24) is 10.2 Å². The first-order valence-corrected chi connectivity index (χ1v) is 9.85. The number of anilines is 1. The number of benzene rings is 2. The second-order valence-electron chi connectivity index (χ2n) is 5.23. The van der Waals surface area contributed by atoms with Gasteiger partial charge in [-0.15, -0.1) is 10.2 Å². The van der Waals surface area contributed by atoms with E-state index < -0.39 is 0 Å². The number of aromatic nitrogens is 2. The Labute approximate surface area is 163 Å². The van der Waals surface area contributed by atoms with Gasteiger partial charge >= 0.3 is 0 Å². The number of carbonyl (C=O) groups is 1. The monoisotopic (exact) mass is 409 g/mol. The van der Waals surface area contributed by atoms with Crippen LogP contribution in [0.4, 0.5) is 5.13 Å². The first-order chi connectivity index (χ1) is 12.0. The molecule has 1 N–H and O–H groups in total. The van der Waals surface area contributed by atoms with Crippen molar-refractivity contribution >= 4 is 57.3 Å². The zero-order valence-corrected chi connectivity index (χ0v) is 16.3. The molecule has 0 unspecified atom stereocenters. The predicted octanol–water partition coefficient (Wildman–Crippen LogP) is 5.70. The number of thioether (sulfide) groups is 1. The van der Waals surface area contributed by atoms with Crippen molar-refractivity contribution in [2.75, 3.05) is 5.32 Å². The van der Waals surface area contributed by atoms with Crippen LogP contribution in [0.3, 0.4) is 0 Å². The molecule has 1 aromatic heterocycles. The summed E-state index contributed by atoms with van der Waals surface area (Å²) >= 11 is 14.7. The largest absolute Gasteiger partial charge is 0.296 e. The molecule has 0 fully saturated rings. The molecule has 0 atom stereocenters. The smallest absolute Gasteiger partial charge is 0.257 e. The molecule has 25 heavy (non-hydrogen) atoms. The molecular formula is C17H13Cl2N3OS2. The summed E-state index contributed by atoms with van der Waals surface area (Å²) in [7, 11) is 0. The SMILES string of the molecule is Cc1cccc(CSc2nnc(NC(=O)c3ccc(Cl)c(Cl)c3)s2)c1. The maximum absolute atomic E-state index is 12.2. The van der Waals surface area contributed by atoms with Gasteiger partial charge in [-0.25, -0.2) is 0 Å². The highest BCUT2D eigenvalue weighted by molar-refractivity contribution is 8.00. The Kier molecular flexibility index (Phi) is 5.96. The zero-order valence-electron chi connectivity index (χ0n) is 13.1. The topological polar surface area (TPSA) is 54.9 Å². The lowest BCUT2D eigenvalue weighted by molar-refractivity contribution is 0.102. The number of hydrogen-bond acceptors (Lipinski definition) is 5. The van der Waals surface area contributed by atoms with Crippen LogP contribution in [0.2, 0.25) is 10.0 Å². The van der Waals surface area contributed by atoms with Crippen LogP contribution < -0.4 is 5.32 Å². The van der Waals surface area contributed by atoms with E-state index in [1.54, 1.807) is 23.9 Å². The number of nitrogens with one attached hydrogen (secondary N) is 1. The normalized spacial score (nSPS) is 10.7. The Morgan fingerprint density at radius 3 is 2.76 bits per heavy atom. The van der Waals surface area contributed by atoms with Gasteiger partial charge in [0.2, 0.25) is 5.13 Å². The van der Waals surface area contributed by atoms with Crippen LogP contribution in [-0.2, 0) is 5.75 Å². The maximum Gasteiger partial charge on any atom is 0.257 e. The van der Waals surface area contributed by atoms with Gasteiger partial charge in [-0.2, -0.15) is 0 Å². The molecular weight excluding hydrogens is 397 g/mol. The molecule has 0 aliphatic heterocycles. The summed E-state index contributed by atoms with van der Waals surface area (Å²) in [5, 5.41) is 12.0. The third-order valence-corrected chi connectivity index (χ3v) is 6.04. The first-order valence-electron chi connectivity index (χ1n) is 7.29. The summed E-state index contributed by atoms with van der Waals surface area (Å²) in [6.45, 7) is 2.07. The molecule has 128 valence electrons. The van der Waals surface area contributed by atoms with Crippen LogP contribution in [0.5, 0.6) is 0 Å². The molecule has 0 aliphatic rings. The first kappa shape index (κ1) is 18.2. The third-order valence-electron chi connectivity index (χ3n) is 3.25. The lowest BCUT2D eigenvalue weighted by atomic mass is 10.2. The van der Waals surface area contributed by atoms with E-state index in [9.17, 15) is 4.79 Å². The minimum absolute atomic E-state index is 0.301. The van der Waals surface area contributed by atoms with Crippen LogP contribution in [0.1, 0.15) is 21.5 Å². The van der Waals surface area contributed by atoms with Crippen LogP contribution in [0.15, 0.2) is 46.8 Å². The van der Waals surface area contributed by atoms with E-state index in [4.69, 9.17) is 23.2 Å². The maximum atomic E-state index is 12.2. The Bertz CT molecular complexity index is 914. The highest BCUT2D eigenvalue weighted by Crippen LogP contribution is 2.29. The standard InChI is InChI=1S/C17H13Cl2N3OS2/c1-10-3-2-4-11(7-10)9-24-17-22-21-16(25-17)20-15(23)12-5-6-13(18)14(19)8-12/h2-8H,9H2,1H3,(H,20,21,23). The van der Waals surface area contributed by atoms with E-state index in [2.05, 4.69) is 40.6 Å². The van der Waals surface area contributed by atoms with Crippen molar-refractivity contribution in [2.45, 2.75) is 17.0 Å². The second kappa shape index (κ2) is 8.19. The van der Waals surface area contributed by atoms with Crippen LogP contribution >= 0.6 is 46.3 Å². The van der Waals surface area contributed by atoms with E-state index in [0.29, 0.717) is 20.7 Å².